The van der Waals surface area contributed by atoms with Crippen LogP contribution in [0.3, 0.4) is 0 Å². The lowest BCUT2D eigenvalue weighted by Gasteiger charge is -2.22. The van der Waals surface area contributed by atoms with E-state index in [4.69, 9.17) is 23.8 Å². The Morgan fingerprint density at radius 1 is 1.33 bits per heavy atom. The molecule has 1 aromatic carbocycles. The van der Waals surface area contributed by atoms with Crippen LogP contribution >= 0.6 is 23.8 Å². The van der Waals surface area contributed by atoms with Gasteiger partial charge >= 0.3 is 0 Å². The van der Waals surface area contributed by atoms with Gasteiger partial charge in [-0.05, 0) is 41.3 Å². The Labute approximate surface area is 135 Å². The van der Waals surface area contributed by atoms with Crippen LogP contribution in [0, 0.1) is 10.6 Å². The summed E-state index contributed by atoms with van der Waals surface area (Å²) in [5.41, 5.74) is 1.59. The zero-order valence-corrected chi connectivity index (χ0v) is 13.7. The van der Waals surface area contributed by atoms with E-state index < -0.39 is 0 Å². The van der Waals surface area contributed by atoms with Gasteiger partial charge in [-0.1, -0.05) is 16.8 Å². The summed E-state index contributed by atoms with van der Waals surface area (Å²) in [4.78, 5) is 3.11. The fourth-order valence-electron chi connectivity index (χ4n) is 4.81. The van der Waals surface area contributed by atoms with E-state index in [9.17, 15) is 4.39 Å². The average molecular weight is 316 g/mol. The molecular formula is C13H13B3ClFN2S. The van der Waals surface area contributed by atoms with Crippen molar-refractivity contribution in [3.05, 3.63) is 51.3 Å². The van der Waals surface area contributed by atoms with Gasteiger partial charge < -0.3 is 9.55 Å². The van der Waals surface area contributed by atoms with Crippen molar-refractivity contribution in [2.75, 3.05) is 0 Å². The number of benzene rings is 1. The van der Waals surface area contributed by atoms with Gasteiger partial charge in [0.15, 0.2) is 4.77 Å². The zero-order valence-electron chi connectivity index (χ0n) is 12.1. The molecule has 104 valence electrons. The summed E-state index contributed by atoms with van der Waals surface area (Å²) in [6, 6.07) is 4.85. The predicted octanol–water partition coefficient (Wildman–Crippen LogP) is 0.514. The lowest BCUT2D eigenvalue weighted by Crippen LogP contribution is -2.22. The van der Waals surface area contributed by atoms with Crippen molar-refractivity contribution in [3.8, 4) is 0 Å². The number of nitrogens with one attached hydrogen (secondary N) is 1. The molecule has 1 fully saturated rings. The Kier molecular flexibility index (Phi) is 2.41. The number of fused-ring (bicyclic) bond motifs is 3. The molecule has 4 rings (SSSR count). The van der Waals surface area contributed by atoms with E-state index in [1.807, 2.05) is 6.20 Å². The van der Waals surface area contributed by atoms with Crippen LogP contribution in [0.5, 0.6) is 0 Å². The quantitative estimate of drug-likeness (QED) is 0.601. The van der Waals surface area contributed by atoms with E-state index in [2.05, 4.69) is 33.1 Å². The number of halogens is 2. The Morgan fingerprint density at radius 2 is 2.05 bits per heavy atom. The van der Waals surface area contributed by atoms with Crippen LogP contribution in [0.15, 0.2) is 24.4 Å². The minimum absolute atomic E-state index is 0.0461. The van der Waals surface area contributed by atoms with Gasteiger partial charge in [0.05, 0.1) is 0 Å². The smallest absolute Gasteiger partial charge is 0.177 e. The first kappa shape index (κ1) is 13.7. The molecule has 2 aliphatic rings. The molecule has 0 saturated heterocycles. The van der Waals surface area contributed by atoms with Crippen LogP contribution in [-0.4, -0.2) is 33.1 Å². The van der Waals surface area contributed by atoms with E-state index in [1.54, 1.807) is 12.1 Å². The largest absolute Gasteiger partial charge is 0.337 e. The number of imidazole rings is 1. The topological polar surface area (TPSA) is 20.7 Å². The zero-order chi connectivity index (χ0) is 15.2. The summed E-state index contributed by atoms with van der Waals surface area (Å²) in [7, 11) is 6.61. The molecule has 1 aliphatic heterocycles. The highest BCUT2D eigenvalue weighted by Gasteiger charge is 2.83. The van der Waals surface area contributed by atoms with E-state index in [-0.39, 0.29) is 21.8 Å². The summed E-state index contributed by atoms with van der Waals surface area (Å²) in [5, 5.41) is 0.391. The van der Waals surface area contributed by atoms with Crippen LogP contribution in [0.25, 0.3) is 0 Å². The minimum atomic E-state index is -0.285. The molecule has 8 heteroatoms. The highest BCUT2D eigenvalue weighted by atomic mass is 35.5. The molecule has 2 heterocycles. The molecule has 21 heavy (non-hydrogen) atoms. The van der Waals surface area contributed by atoms with Crippen LogP contribution in [0.4, 0.5) is 4.39 Å². The fraction of sp³-hybridized carbons (Fsp3) is 0.308. The minimum Gasteiger partial charge on any atom is -0.337 e. The van der Waals surface area contributed by atoms with Crippen molar-refractivity contribution in [1.29, 1.82) is 0 Å². The van der Waals surface area contributed by atoms with Gasteiger partial charge in [-0.15, -0.1) is 0 Å². The van der Waals surface area contributed by atoms with Gasteiger partial charge in [-0.25, -0.2) is 4.39 Å². The van der Waals surface area contributed by atoms with Crippen molar-refractivity contribution < 1.29 is 4.39 Å². The molecule has 0 amide bonds. The molecule has 1 aliphatic carbocycles. The molecule has 0 spiro atoms. The van der Waals surface area contributed by atoms with Crippen LogP contribution in [0.1, 0.15) is 11.3 Å². The maximum Gasteiger partial charge on any atom is 0.177 e. The molecule has 2 unspecified atom stereocenters. The third-order valence-corrected chi connectivity index (χ3v) is 6.85. The van der Waals surface area contributed by atoms with Crippen LogP contribution in [-0.2, 0) is 17.3 Å². The second kappa shape index (κ2) is 3.69. The monoisotopic (exact) mass is 316 g/mol. The van der Waals surface area contributed by atoms with Crippen molar-refractivity contribution >= 4 is 47.4 Å². The average Bonchev–Trinajstić information content (AvgIpc) is 2.77. The molecule has 2 atom stereocenters. The van der Waals surface area contributed by atoms with Gasteiger partial charge in [0.2, 0.25) is 0 Å². The molecule has 0 radical (unpaired) electrons. The first-order chi connectivity index (χ1) is 9.77. The second-order valence-electron chi connectivity index (χ2n) is 6.84. The van der Waals surface area contributed by atoms with Gasteiger partial charge in [0.1, 0.15) is 29.4 Å². The third-order valence-electron chi connectivity index (χ3n) is 6.27. The normalized spacial score (nSPS) is 31.7. The molecule has 2 aromatic rings. The van der Waals surface area contributed by atoms with Crippen molar-refractivity contribution in [1.82, 2.24) is 9.55 Å². The summed E-state index contributed by atoms with van der Waals surface area (Å²) < 4.78 is 17.3. The number of hydrogen-bond acceptors (Lipinski definition) is 1. The van der Waals surface area contributed by atoms with Crippen molar-refractivity contribution in [2.45, 2.75) is 22.5 Å². The second-order valence-corrected chi connectivity index (χ2v) is 7.67. The lowest BCUT2D eigenvalue weighted by atomic mass is 9.54. The Balaban J connectivity index is 2.02. The molecule has 2 nitrogen and oxygen atoms in total. The van der Waals surface area contributed by atoms with E-state index >= 15 is 0 Å². The first-order valence-corrected chi connectivity index (χ1v) is 7.80. The highest BCUT2D eigenvalue weighted by Crippen LogP contribution is 2.82. The van der Waals surface area contributed by atoms with Crippen LogP contribution in [0.2, 0.25) is 10.2 Å². The standard InChI is InChI=1S/C13H13B3ClFN2S/c14-12-9-4-19-10(21)20(9)5-11(12,13(12,15)16)7-3-6(17)1-2-8(7)18/h1-4H,5,14-16H2,(H,19,21). The molecule has 0 bridgehead atoms. The molecule has 1 saturated carbocycles. The maximum absolute atomic E-state index is 14.5. The van der Waals surface area contributed by atoms with Gasteiger partial charge in [0, 0.05) is 28.9 Å². The van der Waals surface area contributed by atoms with Gasteiger partial charge in [-0.2, -0.15) is 0 Å². The van der Waals surface area contributed by atoms with Crippen LogP contribution < -0.4 is 0 Å². The summed E-state index contributed by atoms with van der Waals surface area (Å²) in [6.07, 6.45) is 1.97. The fourth-order valence-corrected chi connectivity index (χ4v) is 5.21. The summed E-state index contributed by atoms with van der Waals surface area (Å²) in [6.45, 7) is 0.700. The van der Waals surface area contributed by atoms with Gasteiger partial charge in [-0.3, -0.25) is 0 Å². The molecular weight excluding hydrogens is 303 g/mol. The van der Waals surface area contributed by atoms with Crippen molar-refractivity contribution in [2.24, 2.45) is 0 Å². The summed E-state index contributed by atoms with van der Waals surface area (Å²) >= 11 is 11.5. The highest BCUT2D eigenvalue weighted by molar-refractivity contribution is 7.71. The molecule has 1 aromatic heterocycles. The number of rotatable bonds is 1. The maximum atomic E-state index is 14.5. The Hall–Kier alpha value is -0.935. The summed E-state index contributed by atoms with van der Waals surface area (Å²) in [5.74, 6) is -0.183. The van der Waals surface area contributed by atoms with E-state index in [1.165, 1.54) is 6.07 Å². The number of aromatic amines is 1. The predicted molar refractivity (Wildman–Crippen MR) is 92.7 cm³/mol. The van der Waals surface area contributed by atoms with E-state index in [0.29, 0.717) is 21.9 Å². The van der Waals surface area contributed by atoms with Crippen molar-refractivity contribution in [3.63, 3.8) is 0 Å². The first-order valence-electron chi connectivity index (χ1n) is 7.01. The molecule has 1 N–H and O–H groups in total. The Morgan fingerprint density at radius 3 is 2.76 bits per heavy atom. The third kappa shape index (κ3) is 1.23. The number of aromatic nitrogens is 2. The van der Waals surface area contributed by atoms with Gasteiger partial charge in [0.25, 0.3) is 0 Å². The SMILES string of the molecule is BC1(B)C2(B)c3c[nH]c(=S)n3CC12c1cc(Cl)ccc1F. The number of nitrogens with zero attached hydrogens (tertiary/aromatic N) is 1. The van der Waals surface area contributed by atoms with E-state index in [0.717, 1.165) is 5.69 Å². The lowest BCUT2D eigenvalue weighted by molar-refractivity contribution is 0.520. The number of H-pyrrole nitrogens is 1. The Bertz CT molecular complexity index is 848. The number of hydrogen-bond donors (Lipinski definition) is 1.